The third kappa shape index (κ3) is 6.05. The van der Waals surface area contributed by atoms with Crippen LogP contribution in [0.1, 0.15) is 40.0 Å². The van der Waals surface area contributed by atoms with Gasteiger partial charge in [-0.1, -0.05) is 20.8 Å². The van der Waals surface area contributed by atoms with Crippen molar-refractivity contribution in [2.75, 3.05) is 26.2 Å². The van der Waals surface area contributed by atoms with Crippen molar-refractivity contribution < 1.29 is 13.2 Å². The largest absolute Gasteiger partial charge is 0.389 e. The van der Waals surface area contributed by atoms with E-state index in [1.165, 1.54) is 0 Å². The first-order valence-electron chi connectivity index (χ1n) is 6.71. The standard InChI is InChI=1S/C13H25F3N2/c1-12(2,3)11-10-18(9-7-17-11)8-5-4-6-13(14,15)16/h11,17H,4-10H2,1-3H3. The van der Waals surface area contributed by atoms with Crippen LogP contribution in [0.2, 0.25) is 0 Å². The third-order valence-electron chi connectivity index (χ3n) is 3.49. The van der Waals surface area contributed by atoms with Crippen LogP contribution in [-0.4, -0.2) is 43.3 Å². The molecule has 1 aliphatic rings. The summed E-state index contributed by atoms with van der Waals surface area (Å²) in [7, 11) is 0. The molecule has 1 saturated heterocycles. The van der Waals surface area contributed by atoms with Gasteiger partial charge in [-0.25, -0.2) is 0 Å². The molecule has 0 aliphatic carbocycles. The molecule has 0 amide bonds. The molecule has 0 saturated carbocycles. The van der Waals surface area contributed by atoms with E-state index in [0.717, 1.165) is 26.2 Å². The molecular weight excluding hydrogens is 241 g/mol. The molecule has 0 aromatic rings. The molecule has 1 unspecified atom stereocenters. The summed E-state index contributed by atoms with van der Waals surface area (Å²) in [5, 5.41) is 3.48. The predicted molar refractivity (Wildman–Crippen MR) is 67.6 cm³/mol. The first-order valence-corrected chi connectivity index (χ1v) is 6.71. The van der Waals surface area contributed by atoms with Gasteiger partial charge in [0, 0.05) is 32.1 Å². The van der Waals surface area contributed by atoms with Crippen molar-refractivity contribution in [3.05, 3.63) is 0 Å². The molecule has 0 spiro atoms. The Kier molecular flexibility index (Phi) is 5.46. The van der Waals surface area contributed by atoms with Crippen molar-refractivity contribution >= 4 is 0 Å². The van der Waals surface area contributed by atoms with Gasteiger partial charge in [0.15, 0.2) is 0 Å². The molecule has 1 atom stereocenters. The average molecular weight is 266 g/mol. The Morgan fingerprint density at radius 3 is 2.39 bits per heavy atom. The average Bonchev–Trinajstić information content (AvgIpc) is 2.22. The molecule has 1 heterocycles. The molecular formula is C13H25F3N2. The highest BCUT2D eigenvalue weighted by atomic mass is 19.4. The number of hydrogen-bond donors (Lipinski definition) is 1. The van der Waals surface area contributed by atoms with Gasteiger partial charge in [-0.05, 0) is 24.8 Å². The van der Waals surface area contributed by atoms with Gasteiger partial charge in [0.1, 0.15) is 0 Å². The second kappa shape index (κ2) is 6.24. The van der Waals surface area contributed by atoms with E-state index in [1.54, 1.807) is 0 Å². The molecule has 1 rings (SSSR count). The number of alkyl halides is 3. The van der Waals surface area contributed by atoms with Gasteiger partial charge in [0.05, 0.1) is 0 Å². The molecule has 18 heavy (non-hydrogen) atoms. The van der Waals surface area contributed by atoms with Gasteiger partial charge in [-0.15, -0.1) is 0 Å². The van der Waals surface area contributed by atoms with Crippen LogP contribution < -0.4 is 5.32 Å². The van der Waals surface area contributed by atoms with Crippen molar-refractivity contribution in [3.8, 4) is 0 Å². The zero-order chi connectivity index (χ0) is 13.8. The molecule has 5 heteroatoms. The second-order valence-electron chi connectivity index (χ2n) is 6.25. The maximum absolute atomic E-state index is 12.0. The maximum Gasteiger partial charge on any atom is 0.389 e. The minimum absolute atomic E-state index is 0.199. The van der Waals surface area contributed by atoms with Crippen molar-refractivity contribution in [1.29, 1.82) is 0 Å². The predicted octanol–water partition coefficient (Wildman–Crippen LogP) is 3.04. The van der Waals surface area contributed by atoms with Crippen LogP contribution >= 0.6 is 0 Å². The molecule has 1 N–H and O–H groups in total. The van der Waals surface area contributed by atoms with E-state index in [0.29, 0.717) is 12.5 Å². The van der Waals surface area contributed by atoms with E-state index in [1.807, 2.05) is 0 Å². The molecule has 0 aromatic carbocycles. The van der Waals surface area contributed by atoms with E-state index < -0.39 is 12.6 Å². The highest BCUT2D eigenvalue weighted by molar-refractivity contribution is 4.87. The summed E-state index contributed by atoms with van der Waals surface area (Å²) >= 11 is 0. The number of nitrogens with zero attached hydrogens (tertiary/aromatic N) is 1. The summed E-state index contributed by atoms with van der Waals surface area (Å²) in [6.07, 6.45) is -3.77. The summed E-state index contributed by atoms with van der Waals surface area (Å²) in [6.45, 7) is 10.2. The van der Waals surface area contributed by atoms with Gasteiger partial charge in [0.25, 0.3) is 0 Å². The van der Waals surface area contributed by atoms with Gasteiger partial charge in [-0.2, -0.15) is 13.2 Å². The van der Waals surface area contributed by atoms with Crippen LogP contribution in [0.15, 0.2) is 0 Å². The Hall–Kier alpha value is -0.290. The van der Waals surface area contributed by atoms with Crippen molar-refractivity contribution in [2.24, 2.45) is 5.41 Å². The molecule has 0 bridgehead atoms. The highest BCUT2D eigenvalue weighted by Crippen LogP contribution is 2.24. The van der Waals surface area contributed by atoms with Crippen LogP contribution in [-0.2, 0) is 0 Å². The zero-order valence-electron chi connectivity index (χ0n) is 11.6. The normalized spacial score (nSPS) is 23.3. The monoisotopic (exact) mass is 266 g/mol. The Morgan fingerprint density at radius 2 is 1.83 bits per heavy atom. The number of piperazine rings is 1. The Balaban J connectivity index is 2.23. The summed E-state index contributed by atoms with van der Waals surface area (Å²) in [5.74, 6) is 0. The Morgan fingerprint density at radius 1 is 1.17 bits per heavy atom. The first-order chi connectivity index (χ1) is 8.18. The van der Waals surface area contributed by atoms with Gasteiger partial charge in [-0.3, -0.25) is 0 Å². The minimum Gasteiger partial charge on any atom is -0.311 e. The number of halogens is 3. The molecule has 108 valence electrons. The molecule has 1 aliphatic heterocycles. The number of rotatable bonds is 4. The van der Waals surface area contributed by atoms with Crippen LogP contribution in [0.5, 0.6) is 0 Å². The lowest BCUT2D eigenvalue weighted by molar-refractivity contribution is -0.135. The second-order valence-corrected chi connectivity index (χ2v) is 6.25. The molecule has 1 fully saturated rings. The zero-order valence-corrected chi connectivity index (χ0v) is 11.6. The lowest BCUT2D eigenvalue weighted by atomic mass is 9.85. The third-order valence-corrected chi connectivity index (χ3v) is 3.49. The summed E-state index contributed by atoms with van der Waals surface area (Å²) in [4.78, 5) is 2.28. The quantitative estimate of drug-likeness (QED) is 0.787. The number of unbranched alkanes of at least 4 members (excludes halogenated alkanes) is 1. The van der Waals surface area contributed by atoms with E-state index >= 15 is 0 Å². The molecule has 0 radical (unpaired) electrons. The minimum atomic E-state index is -4.00. The fourth-order valence-corrected chi connectivity index (χ4v) is 2.25. The summed E-state index contributed by atoms with van der Waals surface area (Å²) < 4.78 is 36.0. The van der Waals surface area contributed by atoms with Gasteiger partial charge in [0.2, 0.25) is 0 Å². The van der Waals surface area contributed by atoms with E-state index in [9.17, 15) is 13.2 Å². The summed E-state index contributed by atoms with van der Waals surface area (Å²) in [5.41, 5.74) is 0.199. The van der Waals surface area contributed by atoms with Crippen LogP contribution in [0.25, 0.3) is 0 Å². The van der Waals surface area contributed by atoms with Crippen molar-refractivity contribution in [3.63, 3.8) is 0 Å². The molecule has 0 aromatic heterocycles. The SMILES string of the molecule is CC(C)(C)C1CN(CCCCC(F)(F)F)CCN1. The number of nitrogens with one attached hydrogen (secondary N) is 1. The van der Waals surface area contributed by atoms with Crippen molar-refractivity contribution in [1.82, 2.24) is 10.2 Å². The van der Waals surface area contributed by atoms with Gasteiger partial charge >= 0.3 is 6.18 Å². The molecule has 2 nitrogen and oxygen atoms in total. The lowest BCUT2D eigenvalue weighted by Gasteiger charge is -2.40. The fraction of sp³-hybridized carbons (Fsp3) is 1.00. The highest BCUT2D eigenvalue weighted by Gasteiger charge is 2.29. The smallest absolute Gasteiger partial charge is 0.311 e. The van der Waals surface area contributed by atoms with E-state index in [2.05, 4.69) is 31.0 Å². The van der Waals surface area contributed by atoms with Crippen LogP contribution in [0.3, 0.4) is 0 Å². The topological polar surface area (TPSA) is 15.3 Å². The first kappa shape index (κ1) is 15.8. The maximum atomic E-state index is 12.0. The van der Waals surface area contributed by atoms with E-state index in [4.69, 9.17) is 0 Å². The fourth-order valence-electron chi connectivity index (χ4n) is 2.25. The van der Waals surface area contributed by atoms with Gasteiger partial charge < -0.3 is 10.2 Å². The van der Waals surface area contributed by atoms with E-state index in [-0.39, 0.29) is 11.8 Å². The Bertz CT molecular complexity index is 246. The van der Waals surface area contributed by atoms with Crippen LogP contribution in [0, 0.1) is 5.41 Å². The van der Waals surface area contributed by atoms with Crippen molar-refractivity contribution in [2.45, 2.75) is 52.3 Å². The lowest BCUT2D eigenvalue weighted by Crippen LogP contribution is -2.55. The Labute approximate surface area is 108 Å². The van der Waals surface area contributed by atoms with Crippen LogP contribution in [0.4, 0.5) is 13.2 Å². The summed E-state index contributed by atoms with van der Waals surface area (Å²) in [6, 6.07) is 0.425. The number of hydrogen-bond acceptors (Lipinski definition) is 2.